The third-order valence-electron chi connectivity index (χ3n) is 3.08. The fourth-order valence-electron chi connectivity index (χ4n) is 1.86. The Balaban J connectivity index is 2.46. The van der Waals surface area contributed by atoms with Gasteiger partial charge >= 0.3 is 0 Å². The molecule has 0 spiro atoms. The molecule has 0 saturated heterocycles. The highest BCUT2D eigenvalue weighted by Gasteiger charge is 2.41. The molecular weight excluding hydrogens is 259 g/mol. The minimum absolute atomic E-state index is 0.275. The molecule has 6 heteroatoms. The van der Waals surface area contributed by atoms with E-state index in [0.29, 0.717) is 18.4 Å². The zero-order valence-corrected chi connectivity index (χ0v) is 11.1. The predicted molar refractivity (Wildman–Crippen MR) is 63.9 cm³/mol. The molecule has 0 unspecified atom stereocenters. The fourth-order valence-corrected chi connectivity index (χ4v) is 2.60. The second-order valence-electron chi connectivity index (χ2n) is 4.77. The Bertz CT molecular complexity index is 576. The standard InChI is InChI=1S/C12H15FO4S/c1-17-10-6-11(18(2,15)16)9(13)5-8(10)7-12(14)3-4-12/h5-6,14H,3-4,7H2,1-2H3. The van der Waals surface area contributed by atoms with Crippen LogP contribution in [0, 0.1) is 5.82 Å². The maximum atomic E-state index is 13.7. The van der Waals surface area contributed by atoms with E-state index in [4.69, 9.17) is 4.74 Å². The first kappa shape index (κ1) is 13.3. The largest absolute Gasteiger partial charge is 0.496 e. The second-order valence-corrected chi connectivity index (χ2v) is 6.75. The molecule has 0 amide bonds. The van der Waals surface area contributed by atoms with E-state index >= 15 is 0 Å². The molecule has 4 nitrogen and oxygen atoms in total. The topological polar surface area (TPSA) is 63.6 Å². The van der Waals surface area contributed by atoms with Crippen molar-refractivity contribution in [3.8, 4) is 5.75 Å². The summed E-state index contributed by atoms with van der Waals surface area (Å²) < 4.78 is 41.6. The van der Waals surface area contributed by atoms with Gasteiger partial charge in [0.05, 0.1) is 12.7 Å². The summed E-state index contributed by atoms with van der Waals surface area (Å²) in [5.41, 5.74) is -0.297. The number of ether oxygens (including phenoxy) is 1. The predicted octanol–water partition coefficient (Wildman–Crippen LogP) is 1.31. The normalized spacial score (nSPS) is 17.6. The van der Waals surface area contributed by atoms with Gasteiger partial charge in [0, 0.05) is 18.7 Å². The summed E-state index contributed by atoms with van der Waals surface area (Å²) >= 11 is 0. The van der Waals surface area contributed by atoms with Gasteiger partial charge in [0.25, 0.3) is 0 Å². The summed E-state index contributed by atoms with van der Waals surface area (Å²) in [5.74, 6) is -0.519. The van der Waals surface area contributed by atoms with Crippen molar-refractivity contribution in [3.63, 3.8) is 0 Å². The lowest BCUT2D eigenvalue weighted by atomic mass is 10.1. The van der Waals surface area contributed by atoms with Crippen LogP contribution in [0.25, 0.3) is 0 Å². The van der Waals surface area contributed by atoms with Crippen molar-refractivity contribution >= 4 is 9.84 Å². The molecular formula is C12H15FO4S. The molecule has 1 saturated carbocycles. The molecule has 0 aromatic heterocycles. The molecule has 1 aliphatic carbocycles. The number of rotatable bonds is 4. The van der Waals surface area contributed by atoms with Gasteiger partial charge in [-0.25, -0.2) is 12.8 Å². The molecule has 1 aromatic rings. The first-order chi connectivity index (χ1) is 8.25. The number of aliphatic hydroxyl groups is 1. The van der Waals surface area contributed by atoms with Crippen LogP contribution in [0.4, 0.5) is 4.39 Å². The summed E-state index contributed by atoms with van der Waals surface area (Å²) in [4.78, 5) is -0.383. The van der Waals surface area contributed by atoms with Crippen molar-refractivity contribution in [2.75, 3.05) is 13.4 Å². The number of hydrogen-bond donors (Lipinski definition) is 1. The highest BCUT2D eigenvalue weighted by Crippen LogP contribution is 2.40. The van der Waals surface area contributed by atoms with Crippen molar-refractivity contribution < 1.29 is 22.7 Å². The van der Waals surface area contributed by atoms with Gasteiger partial charge in [0.2, 0.25) is 0 Å². The number of halogens is 1. The van der Waals surface area contributed by atoms with E-state index in [-0.39, 0.29) is 17.1 Å². The highest BCUT2D eigenvalue weighted by atomic mass is 32.2. The Morgan fingerprint density at radius 3 is 2.50 bits per heavy atom. The van der Waals surface area contributed by atoms with Crippen molar-refractivity contribution in [2.24, 2.45) is 0 Å². The minimum Gasteiger partial charge on any atom is -0.496 e. The van der Waals surface area contributed by atoms with Crippen molar-refractivity contribution in [1.29, 1.82) is 0 Å². The third-order valence-corrected chi connectivity index (χ3v) is 4.19. The lowest BCUT2D eigenvalue weighted by Gasteiger charge is -2.13. The molecule has 0 heterocycles. The molecule has 1 aliphatic rings. The summed E-state index contributed by atoms with van der Waals surface area (Å²) in [6, 6.07) is 2.30. The highest BCUT2D eigenvalue weighted by molar-refractivity contribution is 7.90. The first-order valence-electron chi connectivity index (χ1n) is 5.54. The summed E-state index contributed by atoms with van der Waals surface area (Å²) in [6.45, 7) is 0. The number of sulfone groups is 1. The number of benzene rings is 1. The third kappa shape index (κ3) is 2.64. The minimum atomic E-state index is -3.63. The van der Waals surface area contributed by atoms with Crippen molar-refractivity contribution in [1.82, 2.24) is 0 Å². The molecule has 0 aliphatic heterocycles. The van der Waals surface area contributed by atoms with Crippen molar-refractivity contribution in [2.45, 2.75) is 29.8 Å². The van der Waals surface area contributed by atoms with Gasteiger partial charge < -0.3 is 9.84 Å². The maximum Gasteiger partial charge on any atom is 0.178 e. The van der Waals surface area contributed by atoms with Gasteiger partial charge in [0.1, 0.15) is 16.5 Å². The van der Waals surface area contributed by atoms with Crippen LogP contribution >= 0.6 is 0 Å². The average Bonchev–Trinajstić information content (AvgIpc) is 2.94. The molecule has 1 aromatic carbocycles. The summed E-state index contributed by atoms with van der Waals surface area (Å²) in [6.07, 6.45) is 2.56. The van der Waals surface area contributed by atoms with E-state index in [0.717, 1.165) is 12.3 Å². The van der Waals surface area contributed by atoms with Gasteiger partial charge in [-0.05, 0) is 24.5 Å². The van der Waals surface area contributed by atoms with Crippen LogP contribution in [-0.2, 0) is 16.3 Å². The Hall–Kier alpha value is -1.14. The van der Waals surface area contributed by atoms with Crippen LogP contribution in [0.15, 0.2) is 17.0 Å². The van der Waals surface area contributed by atoms with E-state index in [1.165, 1.54) is 13.2 Å². The molecule has 1 N–H and O–H groups in total. The van der Waals surface area contributed by atoms with Crippen LogP contribution in [0.2, 0.25) is 0 Å². The van der Waals surface area contributed by atoms with Crippen LogP contribution < -0.4 is 4.74 Å². The Morgan fingerprint density at radius 2 is 2.06 bits per heavy atom. The lowest BCUT2D eigenvalue weighted by Crippen LogP contribution is -2.13. The number of hydrogen-bond acceptors (Lipinski definition) is 4. The quantitative estimate of drug-likeness (QED) is 0.899. The average molecular weight is 274 g/mol. The lowest BCUT2D eigenvalue weighted by molar-refractivity contribution is 0.150. The molecule has 1 fully saturated rings. The van der Waals surface area contributed by atoms with Gasteiger partial charge in [-0.1, -0.05) is 0 Å². The van der Waals surface area contributed by atoms with Crippen molar-refractivity contribution in [3.05, 3.63) is 23.5 Å². The molecule has 0 radical (unpaired) electrons. The molecule has 18 heavy (non-hydrogen) atoms. The van der Waals surface area contributed by atoms with E-state index < -0.39 is 21.3 Å². The fraction of sp³-hybridized carbons (Fsp3) is 0.500. The molecule has 0 bridgehead atoms. The first-order valence-corrected chi connectivity index (χ1v) is 7.43. The Kier molecular flexibility index (Phi) is 3.11. The monoisotopic (exact) mass is 274 g/mol. The van der Waals surface area contributed by atoms with Crippen LogP contribution in [-0.4, -0.2) is 32.5 Å². The Labute approximate surface area is 105 Å². The zero-order valence-electron chi connectivity index (χ0n) is 10.2. The van der Waals surface area contributed by atoms with Crippen LogP contribution in [0.3, 0.4) is 0 Å². The van der Waals surface area contributed by atoms with Gasteiger partial charge in [-0.3, -0.25) is 0 Å². The maximum absolute atomic E-state index is 13.7. The van der Waals surface area contributed by atoms with Gasteiger partial charge in [-0.15, -0.1) is 0 Å². The Morgan fingerprint density at radius 1 is 1.44 bits per heavy atom. The second kappa shape index (κ2) is 4.20. The smallest absolute Gasteiger partial charge is 0.178 e. The van der Waals surface area contributed by atoms with Gasteiger partial charge in [-0.2, -0.15) is 0 Å². The van der Waals surface area contributed by atoms with Gasteiger partial charge in [0.15, 0.2) is 9.84 Å². The molecule has 0 atom stereocenters. The molecule has 100 valence electrons. The SMILES string of the molecule is COc1cc(S(C)(=O)=O)c(F)cc1CC1(O)CC1. The summed E-state index contributed by atoms with van der Waals surface area (Å²) in [7, 11) is -2.24. The van der Waals surface area contributed by atoms with Crippen LogP contribution in [0.5, 0.6) is 5.75 Å². The molecule has 2 rings (SSSR count). The number of methoxy groups -OCH3 is 1. The summed E-state index contributed by atoms with van der Waals surface area (Å²) in [5, 5.41) is 9.83. The zero-order chi connectivity index (χ0) is 13.6. The van der Waals surface area contributed by atoms with E-state index in [1.54, 1.807) is 0 Å². The van der Waals surface area contributed by atoms with E-state index in [1.807, 2.05) is 0 Å². The van der Waals surface area contributed by atoms with E-state index in [2.05, 4.69) is 0 Å². The van der Waals surface area contributed by atoms with Crippen LogP contribution in [0.1, 0.15) is 18.4 Å². The van der Waals surface area contributed by atoms with E-state index in [9.17, 15) is 17.9 Å².